The van der Waals surface area contributed by atoms with Gasteiger partial charge in [0.1, 0.15) is 0 Å². The van der Waals surface area contributed by atoms with Gasteiger partial charge in [-0.1, -0.05) is 17.7 Å². The maximum absolute atomic E-state index is 12.3. The van der Waals surface area contributed by atoms with Gasteiger partial charge >= 0.3 is 0 Å². The van der Waals surface area contributed by atoms with Crippen molar-refractivity contribution in [2.75, 3.05) is 31.1 Å². The number of amides is 2. The van der Waals surface area contributed by atoms with Gasteiger partial charge in [0, 0.05) is 43.0 Å². The molecule has 2 aliphatic heterocycles. The van der Waals surface area contributed by atoms with Crippen LogP contribution in [0.4, 0.5) is 5.69 Å². The van der Waals surface area contributed by atoms with Crippen molar-refractivity contribution in [1.29, 1.82) is 0 Å². The number of hydrogen-bond donors (Lipinski definition) is 0. The minimum atomic E-state index is -0.671. The Balaban J connectivity index is 1.60. The summed E-state index contributed by atoms with van der Waals surface area (Å²) in [6.07, 6.45) is 2.79. The van der Waals surface area contributed by atoms with Crippen molar-refractivity contribution in [1.82, 2.24) is 4.90 Å². The number of halogens is 1. The predicted molar refractivity (Wildman–Crippen MR) is 83.0 cm³/mol. The molecule has 1 saturated heterocycles. The smallest absolute Gasteiger partial charge is 0.287 e. The zero-order chi connectivity index (χ0) is 15.5. The van der Waals surface area contributed by atoms with E-state index < -0.39 is 11.9 Å². The third kappa shape index (κ3) is 3.17. The highest BCUT2D eigenvalue weighted by Gasteiger charge is 2.27. The van der Waals surface area contributed by atoms with Crippen LogP contribution in [0.3, 0.4) is 0 Å². The Labute approximate surface area is 133 Å². The van der Waals surface area contributed by atoms with Crippen molar-refractivity contribution in [2.24, 2.45) is 10.2 Å². The van der Waals surface area contributed by atoms with Gasteiger partial charge in [0.2, 0.25) is 0 Å². The van der Waals surface area contributed by atoms with Crippen molar-refractivity contribution in [3.05, 3.63) is 41.4 Å². The van der Waals surface area contributed by atoms with Crippen LogP contribution in [0.1, 0.15) is 0 Å². The minimum absolute atomic E-state index is 0.113. The fourth-order valence-corrected chi connectivity index (χ4v) is 2.73. The third-order valence-electron chi connectivity index (χ3n) is 3.72. The second kappa shape index (κ2) is 6.27. The predicted octanol–water partition coefficient (Wildman–Crippen LogP) is 1.91. The summed E-state index contributed by atoms with van der Waals surface area (Å²) in [7, 11) is 0. The molecule has 1 aromatic carbocycles. The van der Waals surface area contributed by atoms with Gasteiger partial charge < -0.3 is 9.80 Å². The molecule has 0 N–H and O–H groups in total. The molecule has 6 nitrogen and oxygen atoms in total. The monoisotopic (exact) mass is 318 g/mol. The number of anilines is 1. The highest BCUT2D eigenvalue weighted by atomic mass is 35.5. The van der Waals surface area contributed by atoms with Gasteiger partial charge in [-0.25, -0.2) is 0 Å². The van der Waals surface area contributed by atoms with Gasteiger partial charge in [0.25, 0.3) is 11.8 Å². The Hall–Kier alpha value is -2.21. The molecule has 0 aromatic heterocycles. The first-order valence-electron chi connectivity index (χ1n) is 7.06. The van der Waals surface area contributed by atoms with E-state index >= 15 is 0 Å². The summed E-state index contributed by atoms with van der Waals surface area (Å²) >= 11 is 6.01. The van der Waals surface area contributed by atoms with E-state index in [1.54, 1.807) is 4.90 Å². The van der Waals surface area contributed by atoms with E-state index in [0.717, 1.165) is 18.8 Å². The fraction of sp³-hybridized carbons (Fsp3) is 0.333. The standard InChI is InChI=1S/C15H15ClN4O2/c16-11-2-1-3-12(10-11)19-6-8-20(9-7-19)15(22)13-4-5-14(21)18-17-13/h1-5,10,13H,6-9H2. The molecule has 0 radical (unpaired) electrons. The summed E-state index contributed by atoms with van der Waals surface area (Å²) in [5, 5.41) is 7.87. The summed E-state index contributed by atoms with van der Waals surface area (Å²) in [5.74, 6) is -0.534. The molecule has 0 bridgehead atoms. The molecule has 3 rings (SSSR count). The largest absolute Gasteiger partial charge is 0.368 e. The second-order valence-electron chi connectivity index (χ2n) is 5.15. The number of hydrogen-bond acceptors (Lipinski definition) is 4. The Bertz CT molecular complexity index is 635. The SMILES string of the molecule is O=C1C=CC(C(=O)N2CCN(c3cccc(Cl)c3)CC2)N=N1. The van der Waals surface area contributed by atoms with Gasteiger partial charge in [-0.15, -0.1) is 5.11 Å². The summed E-state index contributed by atoms with van der Waals surface area (Å²) in [4.78, 5) is 27.2. The van der Waals surface area contributed by atoms with E-state index in [9.17, 15) is 9.59 Å². The van der Waals surface area contributed by atoms with Crippen LogP contribution >= 0.6 is 11.6 Å². The van der Waals surface area contributed by atoms with Crippen molar-refractivity contribution in [3.8, 4) is 0 Å². The normalized spacial score (nSPS) is 21.3. The van der Waals surface area contributed by atoms with E-state index in [-0.39, 0.29) is 5.91 Å². The van der Waals surface area contributed by atoms with Gasteiger partial charge in [0.05, 0.1) is 0 Å². The summed E-state index contributed by atoms with van der Waals surface area (Å²) in [6.45, 7) is 2.69. The quantitative estimate of drug-likeness (QED) is 0.836. The zero-order valence-corrected chi connectivity index (χ0v) is 12.6. The van der Waals surface area contributed by atoms with E-state index in [1.165, 1.54) is 12.2 Å². The first-order chi connectivity index (χ1) is 10.6. The highest BCUT2D eigenvalue weighted by Crippen LogP contribution is 2.21. The zero-order valence-electron chi connectivity index (χ0n) is 11.9. The number of carbonyl (C=O) groups is 2. The number of nitrogens with zero attached hydrogens (tertiary/aromatic N) is 4. The molecular formula is C15H15ClN4O2. The molecule has 0 spiro atoms. The minimum Gasteiger partial charge on any atom is -0.368 e. The number of piperazine rings is 1. The molecule has 0 aliphatic carbocycles. The number of benzene rings is 1. The first kappa shape index (κ1) is 14.7. The molecule has 1 fully saturated rings. The summed E-state index contributed by atoms with van der Waals surface area (Å²) < 4.78 is 0. The van der Waals surface area contributed by atoms with Crippen LogP contribution in [0.15, 0.2) is 46.6 Å². The third-order valence-corrected chi connectivity index (χ3v) is 3.95. The van der Waals surface area contributed by atoms with Crippen LogP contribution in [0, 0.1) is 0 Å². The Morgan fingerprint density at radius 1 is 1.23 bits per heavy atom. The maximum Gasteiger partial charge on any atom is 0.287 e. The van der Waals surface area contributed by atoms with Gasteiger partial charge in [-0.2, -0.15) is 5.11 Å². The van der Waals surface area contributed by atoms with Gasteiger partial charge in [0.15, 0.2) is 6.04 Å². The Morgan fingerprint density at radius 2 is 2.00 bits per heavy atom. The molecular weight excluding hydrogens is 304 g/mol. The molecule has 1 atom stereocenters. The lowest BCUT2D eigenvalue weighted by atomic mass is 10.2. The van der Waals surface area contributed by atoms with Crippen LogP contribution < -0.4 is 4.90 Å². The lowest BCUT2D eigenvalue weighted by Crippen LogP contribution is -2.51. The van der Waals surface area contributed by atoms with E-state index in [0.29, 0.717) is 18.1 Å². The average molecular weight is 319 g/mol. The van der Waals surface area contributed by atoms with Crippen LogP contribution in [0.25, 0.3) is 0 Å². The topological polar surface area (TPSA) is 65.3 Å². The Morgan fingerprint density at radius 3 is 2.64 bits per heavy atom. The summed E-state index contributed by atoms with van der Waals surface area (Å²) in [5.41, 5.74) is 1.06. The molecule has 7 heteroatoms. The van der Waals surface area contributed by atoms with Gasteiger partial charge in [-0.05, 0) is 24.3 Å². The lowest BCUT2D eigenvalue weighted by molar-refractivity contribution is -0.131. The van der Waals surface area contributed by atoms with E-state index in [4.69, 9.17) is 11.6 Å². The fourth-order valence-electron chi connectivity index (χ4n) is 2.54. The van der Waals surface area contributed by atoms with Crippen molar-refractivity contribution < 1.29 is 9.59 Å². The highest BCUT2D eigenvalue weighted by molar-refractivity contribution is 6.30. The van der Waals surface area contributed by atoms with Crippen molar-refractivity contribution in [3.63, 3.8) is 0 Å². The second-order valence-corrected chi connectivity index (χ2v) is 5.59. The summed E-state index contributed by atoms with van der Waals surface area (Å²) in [6, 6.07) is 7.01. The number of rotatable bonds is 2. The molecule has 1 unspecified atom stereocenters. The van der Waals surface area contributed by atoms with Crippen LogP contribution in [-0.2, 0) is 9.59 Å². The number of azo groups is 1. The van der Waals surface area contributed by atoms with Crippen LogP contribution in [-0.4, -0.2) is 48.9 Å². The van der Waals surface area contributed by atoms with Crippen molar-refractivity contribution >= 4 is 29.1 Å². The average Bonchev–Trinajstić information content (AvgIpc) is 2.55. The molecule has 114 valence electrons. The number of carbonyl (C=O) groups excluding carboxylic acids is 2. The van der Waals surface area contributed by atoms with E-state index in [1.807, 2.05) is 24.3 Å². The molecule has 2 heterocycles. The maximum atomic E-state index is 12.3. The molecule has 2 aliphatic rings. The van der Waals surface area contributed by atoms with Crippen molar-refractivity contribution in [2.45, 2.75) is 6.04 Å². The van der Waals surface area contributed by atoms with Crippen LogP contribution in [0.2, 0.25) is 5.02 Å². The molecule has 2 amide bonds. The van der Waals surface area contributed by atoms with Crippen LogP contribution in [0.5, 0.6) is 0 Å². The Kier molecular flexibility index (Phi) is 4.20. The van der Waals surface area contributed by atoms with E-state index in [2.05, 4.69) is 15.1 Å². The lowest BCUT2D eigenvalue weighted by Gasteiger charge is -2.36. The molecule has 1 aromatic rings. The molecule has 0 saturated carbocycles. The molecule has 22 heavy (non-hydrogen) atoms. The first-order valence-corrected chi connectivity index (χ1v) is 7.43. The van der Waals surface area contributed by atoms with Gasteiger partial charge in [-0.3, -0.25) is 9.59 Å².